The Kier molecular flexibility index (Phi) is 2.81. The van der Waals surface area contributed by atoms with E-state index in [1.54, 1.807) is 0 Å². The molecule has 0 aliphatic heterocycles. The van der Waals surface area contributed by atoms with Gasteiger partial charge >= 0.3 is 0 Å². The van der Waals surface area contributed by atoms with Crippen LogP contribution in [0.2, 0.25) is 0 Å². The van der Waals surface area contributed by atoms with Crippen LogP contribution in [0.3, 0.4) is 0 Å². The van der Waals surface area contributed by atoms with Crippen molar-refractivity contribution in [3.05, 3.63) is 35.1 Å². The van der Waals surface area contributed by atoms with Crippen LogP contribution >= 0.6 is 0 Å². The summed E-state index contributed by atoms with van der Waals surface area (Å²) in [6, 6.07) is 4.30. The number of amidine groups is 1. The molecule has 0 atom stereocenters. The second-order valence-electron chi connectivity index (χ2n) is 2.42. The Morgan fingerprint density at radius 2 is 2.23 bits per heavy atom. The highest BCUT2D eigenvalue weighted by Crippen LogP contribution is 2.12. The number of hydrogen-bond acceptors (Lipinski definition) is 3. The molecule has 0 aromatic heterocycles. The highest BCUT2D eigenvalue weighted by molar-refractivity contribution is 5.97. The van der Waals surface area contributed by atoms with Crippen LogP contribution in [0.15, 0.2) is 23.4 Å². The summed E-state index contributed by atoms with van der Waals surface area (Å²) in [5.41, 5.74) is 5.29. The van der Waals surface area contributed by atoms with E-state index >= 15 is 0 Å². The second-order valence-corrected chi connectivity index (χ2v) is 2.42. The number of nitrogens with two attached hydrogens (primary N) is 1. The summed E-state index contributed by atoms with van der Waals surface area (Å²) in [6.07, 6.45) is 0. The molecular weight excluding hydrogens is 175 g/mol. The third kappa shape index (κ3) is 1.75. The predicted molar refractivity (Wildman–Crippen MR) is 44.8 cm³/mol. The monoisotopic (exact) mass is 184 g/mol. The Morgan fingerprint density at radius 3 is 2.77 bits per heavy atom. The van der Waals surface area contributed by atoms with Gasteiger partial charge in [0.05, 0.1) is 12.2 Å². The van der Waals surface area contributed by atoms with E-state index in [-0.39, 0.29) is 17.0 Å². The third-order valence-electron chi connectivity index (χ3n) is 1.63. The summed E-state index contributed by atoms with van der Waals surface area (Å²) < 4.78 is 13.3. The van der Waals surface area contributed by atoms with Crippen LogP contribution < -0.4 is 5.73 Å². The maximum atomic E-state index is 13.3. The standard InChI is InChI=1S/C8H9FN2O2/c9-7-5(4-12)2-1-3-6(7)8(10)11-13/h1-3,12-13H,4H2,(H2,10,11). The Balaban J connectivity index is 3.23. The van der Waals surface area contributed by atoms with Gasteiger partial charge in [-0.05, 0) is 6.07 Å². The van der Waals surface area contributed by atoms with E-state index in [0.29, 0.717) is 0 Å². The van der Waals surface area contributed by atoms with Crippen molar-refractivity contribution in [2.24, 2.45) is 10.9 Å². The zero-order valence-corrected chi connectivity index (χ0v) is 6.74. The van der Waals surface area contributed by atoms with Crippen molar-refractivity contribution in [1.82, 2.24) is 0 Å². The van der Waals surface area contributed by atoms with E-state index in [4.69, 9.17) is 16.0 Å². The highest BCUT2D eigenvalue weighted by Gasteiger charge is 2.09. The molecule has 0 spiro atoms. The number of aliphatic hydroxyl groups excluding tert-OH is 1. The van der Waals surface area contributed by atoms with Gasteiger partial charge in [0.1, 0.15) is 5.82 Å². The van der Waals surface area contributed by atoms with Crippen molar-refractivity contribution in [3.63, 3.8) is 0 Å². The molecule has 0 amide bonds. The topological polar surface area (TPSA) is 78.8 Å². The van der Waals surface area contributed by atoms with Crippen LogP contribution in [-0.4, -0.2) is 16.1 Å². The zero-order valence-electron chi connectivity index (χ0n) is 6.74. The van der Waals surface area contributed by atoms with Gasteiger partial charge in [-0.1, -0.05) is 17.3 Å². The van der Waals surface area contributed by atoms with Crippen LogP contribution in [0.4, 0.5) is 4.39 Å². The number of hydrogen-bond donors (Lipinski definition) is 3. The van der Waals surface area contributed by atoms with E-state index in [2.05, 4.69) is 5.16 Å². The first kappa shape index (κ1) is 9.47. The number of halogens is 1. The van der Waals surface area contributed by atoms with E-state index in [1.807, 2.05) is 0 Å². The molecule has 70 valence electrons. The van der Waals surface area contributed by atoms with E-state index < -0.39 is 12.4 Å². The lowest BCUT2D eigenvalue weighted by atomic mass is 10.1. The first-order valence-electron chi connectivity index (χ1n) is 3.57. The minimum Gasteiger partial charge on any atom is -0.409 e. The Bertz CT molecular complexity index is 339. The molecule has 4 N–H and O–H groups in total. The number of rotatable bonds is 2. The Labute approximate surface area is 74.1 Å². The minimum atomic E-state index is -0.666. The zero-order chi connectivity index (χ0) is 9.84. The smallest absolute Gasteiger partial charge is 0.173 e. The summed E-state index contributed by atoms with van der Waals surface area (Å²) in [7, 11) is 0. The summed E-state index contributed by atoms with van der Waals surface area (Å²) in [5.74, 6) is -0.979. The molecule has 0 bridgehead atoms. The lowest BCUT2D eigenvalue weighted by Crippen LogP contribution is -2.15. The van der Waals surface area contributed by atoms with Crippen molar-refractivity contribution >= 4 is 5.84 Å². The quantitative estimate of drug-likeness (QED) is 0.269. The molecule has 4 nitrogen and oxygen atoms in total. The molecule has 13 heavy (non-hydrogen) atoms. The van der Waals surface area contributed by atoms with Gasteiger partial charge in [-0.15, -0.1) is 0 Å². The van der Waals surface area contributed by atoms with Crippen molar-refractivity contribution in [2.75, 3.05) is 0 Å². The molecule has 0 heterocycles. The van der Waals surface area contributed by atoms with Gasteiger partial charge in [0.2, 0.25) is 0 Å². The maximum absolute atomic E-state index is 13.3. The fourth-order valence-corrected chi connectivity index (χ4v) is 0.954. The van der Waals surface area contributed by atoms with Crippen molar-refractivity contribution in [3.8, 4) is 0 Å². The molecule has 5 heteroatoms. The van der Waals surface area contributed by atoms with E-state index in [1.165, 1.54) is 18.2 Å². The molecule has 1 rings (SSSR count). The lowest BCUT2D eigenvalue weighted by molar-refractivity contribution is 0.275. The van der Waals surface area contributed by atoms with Gasteiger partial charge < -0.3 is 16.0 Å². The van der Waals surface area contributed by atoms with E-state index in [0.717, 1.165) is 0 Å². The van der Waals surface area contributed by atoms with Gasteiger partial charge in [0.25, 0.3) is 0 Å². The number of aliphatic hydroxyl groups is 1. The Morgan fingerprint density at radius 1 is 1.54 bits per heavy atom. The largest absolute Gasteiger partial charge is 0.409 e. The molecule has 0 saturated carbocycles. The Hall–Kier alpha value is -1.62. The number of benzene rings is 1. The van der Waals surface area contributed by atoms with Gasteiger partial charge in [-0.3, -0.25) is 0 Å². The molecule has 0 unspecified atom stereocenters. The third-order valence-corrected chi connectivity index (χ3v) is 1.63. The van der Waals surface area contributed by atoms with Crippen LogP contribution in [-0.2, 0) is 6.61 Å². The number of oxime groups is 1. The van der Waals surface area contributed by atoms with E-state index in [9.17, 15) is 4.39 Å². The molecular formula is C8H9FN2O2. The normalized spacial score (nSPS) is 11.7. The first-order valence-corrected chi connectivity index (χ1v) is 3.57. The van der Waals surface area contributed by atoms with Crippen molar-refractivity contribution in [1.29, 1.82) is 0 Å². The highest BCUT2D eigenvalue weighted by atomic mass is 19.1. The molecule has 0 radical (unpaired) electrons. The van der Waals surface area contributed by atoms with Gasteiger partial charge in [-0.2, -0.15) is 0 Å². The number of nitrogens with zero attached hydrogens (tertiary/aromatic N) is 1. The fraction of sp³-hybridized carbons (Fsp3) is 0.125. The molecule has 0 saturated heterocycles. The summed E-state index contributed by atoms with van der Waals surface area (Å²) in [6.45, 7) is -0.418. The van der Waals surface area contributed by atoms with Gasteiger partial charge in [0, 0.05) is 5.56 Å². The molecule has 0 aliphatic carbocycles. The average molecular weight is 184 g/mol. The SMILES string of the molecule is N/C(=N/O)c1cccc(CO)c1F. The maximum Gasteiger partial charge on any atom is 0.173 e. The van der Waals surface area contributed by atoms with Crippen LogP contribution in [0.25, 0.3) is 0 Å². The second kappa shape index (κ2) is 3.86. The van der Waals surface area contributed by atoms with Crippen LogP contribution in [0.1, 0.15) is 11.1 Å². The lowest BCUT2D eigenvalue weighted by Gasteiger charge is -2.03. The first-order chi connectivity index (χ1) is 6.20. The molecule has 1 aromatic carbocycles. The molecule has 1 aromatic rings. The molecule has 0 aliphatic rings. The average Bonchev–Trinajstić information content (AvgIpc) is 2.17. The van der Waals surface area contributed by atoms with Gasteiger partial charge in [-0.25, -0.2) is 4.39 Å². The fourth-order valence-electron chi connectivity index (χ4n) is 0.954. The summed E-state index contributed by atoms with van der Waals surface area (Å²) >= 11 is 0. The summed E-state index contributed by atoms with van der Waals surface area (Å²) in [4.78, 5) is 0. The van der Waals surface area contributed by atoms with Crippen molar-refractivity contribution in [2.45, 2.75) is 6.61 Å². The molecule has 0 fully saturated rings. The van der Waals surface area contributed by atoms with Gasteiger partial charge in [0.15, 0.2) is 5.84 Å². The van der Waals surface area contributed by atoms with Crippen LogP contribution in [0.5, 0.6) is 0 Å². The van der Waals surface area contributed by atoms with Crippen molar-refractivity contribution < 1.29 is 14.7 Å². The summed E-state index contributed by atoms with van der Waals surface area (Å²) in [5, 5.41) is 19.7. The minimum absolute atomic E-state index is 0.0194. The van der Waals surface area contributed by atoms with Crippen LogP contribution in [0, 0.1) is 5.82 Å². The predicted octanol–water partition coefficient (Wildman–Crippen LogP) is 0.413.